The van der Waals surface area contributed by atoms with Crippen LogP contribution in [0.5, 0.6) is 0 Å². The molecule has 1 aliphatic heterocycles. The number of fused-ring (bicyclic) bond motifs is 1. The molecule has 2 aromatic heterocycles. The topological polar surface area (TPSA) is 139 Å². The second-order valence-corrected chi connectivity index (χ2v) is 4.49. The van der Waals surface area contributed by atoms with E-state index in [2.05, 4.69) is 15.0 Å². The van der Waals surface area contributed by atoms with Gasteiger partial charge in [0.2, 0.25) is 5.95 Å². The van der Waals surface area contributed by atoms with Crippen LogP contribution in [0.15, 0.2) is 11.1 Å². The average Bonchev–Trinajstić information content (AvgIpc) is 2.86. The highest BCUT2D eigenvalue weighted by Crippen LogP contribution is 2.30. The van der Waals surface area contributed by atoms with Crippen LogP contribution in [0, 0.1) is 0 Å². The summed E-state index contributed by atoms with van der Waals surface area (Å²) in [5.41, 5.74) is 5.31. The molecule has 1 saturated heterocycles. The Hall–Kier alpha value is -1.97. The Labute approximate surface area is 106 Å². The molecule has 9 heteroatoms. The van der Waals surface area contributed by atoms with Crippen LogP contribution in [0.25, 0.3) is 11.2 Å². The van der Waals surface area contributed by atoms with Gasteiger partial charge in [-0.05, 0) is 6.92 Å². The molecule has 0 saturated carbocycles. The fraction of sp³-hybridized carbons (Fsp3) is 0.500. The molecule has 1 fully saturated rings. The molecule has 0 bridgehead atoms. The maximum Gasteiger partial charge on any atom is 0.280 e. The highest BCUT2D eigenvalue weighted by Gasteiger charge is 2.42. The molecule has 0 spiro atoms. The zero-order valence-corrected chi connectivity index (χ0v) is 10.0. The Bertz CT molecular complexity index is 680. The third kappa shape index (κ3) is 1.70. The lowest BCUT2D eigenvalue weighted by Gasteiger charge is -2.16. The van der Waals surface area contributed by atoms with Gasteiger partial charge < -0.3 is 20.7 Å². The van der Waals surface area contributed by atoms with E-state index in [0.29, 0.717) is 0 Å². The van der Waals surface area contributed by atoms with E-state index in [9.17, 15) is 15.0 Å². The summed E-state index contributed by atoms with van der Waals surface area (Å²) in [4.78, 5) is 21.9. The van der Waals surface area contributed by atoms with Crippen LogP contribution in [-0.2, 0) is 4.74 Å². The normalized spacial score (nSPS) is 31.1. The van der Waals surface area contributed by atoms with Crippen molar-refractivity contribution in [3.63, 3.8) is 0 Å². The quantitative estimate of drug-likeness (QED) is 0.485. The summed E-state index contributed by atoms with van der Waals surface area (Å²) in [5, 5.41) is 19.6. The Morgan fingerprint density at radius 1 is 1.47 bits per heavy atom. The number of aliphatic hydroxyl groups is 2. The standard InChI is InChI=1S/C10H13N5O4/c1-3-5(16)6(17)9(19-3)15-2-12-4-7(15)13-10(11)14-8(4)18/h2-3,5-6,9,16-17H,1H3,(H3,11,13,14,18)/t3-,5+,6-,9-/m1/s1. The van der Waals surface area contributed by atoms with Crippen molar-refractivity contribution in [3.05, 3.63) is 16.7 Å². The van der Waals surface area contributed by atoms with Gasteiger partial charge in [-0.3, -0.25) is 14.3 Å². The first-order valence-electron chi connectivity index (χ1n) is 5.73. The molecule has 0 amide bonds. The minimum absolute atomic E-state index is 0.0552. The maximum atomic E-state index is 11.6. The number of nitrogen functional groups attached to an aromatic ring is 1. The molecule has 3 heterocycles. The number of nitrogens with one attached hydrogen (secondary N) is 1. The highest BCUT2D eigenvalue weighted by atomic mass is 16.6. The van der Waals surface area contributed by atoms with Gasteiger partial charge in [0.05, 0.1) is 12.4 Å². The zero-order chi connectivity index (χ0) is 13.7. The SMILES string of the molecule is C[C@H]1O[C@@H](n2cnc3c(=O)[nH]c(N)nc32)[C@H](O)[C@H]1O. The largest absolute Gasteiger partial charge is 0.388 e. The number of hydrogen-bond acceptors (Lipinski definition) is 7. The predicted molar refractivity (Wildman–Crippen MR) is 64.2 cm³/mol. The summed E-state index contributed by atoms with van der Waals surface area (Å²) in [7, 11) is 0. The molecule has 4 atom stereocenters. The number of aromatic nitrogens is 4. The molecule has 2 aromatic rings. The van der Waals surface area contributed by atoms with Gasteiger partial charge in [0, 0.05) is 0 Å². The number of aromatic amines is 1. The van der Waals surface area contributed by atoms with Gasteiger partial charge in [0.15, 0.2) is 17.4 Å². The van der Waals surface area contributed by atoms with Crippen LogP contribution in [0.2, 0.25) is 0 Å². The molecule has 3 rings (SSSR count). The van der Waals surface area contributed by atoms with Gasteiger partial charge in [-0.2, -0.15) is 4.98 Å². The van der Waals surface area contributed by atoms with Crippen molar-refractivity contribution in [2.75, 3.05) is 5.73 Å². The maximum absolute atomic E-state index is 11.6. The minimum Gasteiger partial charge on any atom is -0.388 e. The van der Waals surface area contributed by atoms with Crippen LogP contribution in [0.4, 0.5) is 5.95 Å². The number of H-pyrrole nitrogens is 1. The Morgan fingerprint density at radius 3 is 2.84 bits per heavy atom. The van der Waals surface area contributed by atoms with Gasteiger partial charge in [0.25, 0.3) is 5.56 Å². The summed E-state index contributed by atoms with van der Waals surface area (Å²) in [6.45, 7) is 1.64. The van der Waals surface area contributed by atoms with Crippen LogP contribution in [0.3, 0.4) is 0 Å². The Balaban J connectivity index is 2.14. The minimum atomic E-state index is -1.13. The summed E-state index contributed by atoms with van der Waals surface area (Å²) < 4.78 is 6.84. The number of rotatable bonds is 1. The van der Waals surface area contributed by atoms with Gasteiger partial charge in [-0.25, -0.2) is 4.98 Å². The van der Waals surface area contributed by atoms with Gasteiger partial charge >= 0.3 is 0 Å². The van der Waals surface area contributed by atoms with Crippen molar-refractivity contribution in [2.24, 2.45) is 0 Å². The summed E-state index contributed by atoms with van der Waals surface area (Å²) >= 11 is 0. The monoisotopic (exact) mass is 267 g/mol. The summed E-state index contributed by atoms with van der Waals surface area (Å²) in [6, 6.07) is 0. The zero-order valence-electron chi connectivity index (χ0n) is 10.0. The molecule has 5 N–H and O–H groups in total. The number of hydrogen-bond donors (Lipinski definition) is 4. The second kappa shape index (κ2) is 4.02. The molecule has 9 nitrogen and oxygen atoms in total. The van der Waals surface area contributed by atoms with E-state index in [0.717, 1.165) is 0 Å². The lowest BCUT2D eigenvalue weighted by atomic mass is 10.1. The van der Waals surface area contributed by atoms with Crippen LogP contribution in [0.1, 0.15) is 13.2 Å². The first-order chi connectivity index (χ1) is 8.99. The van der Waals surface area contributed by atoms with Crippen molar-refractivity contribution in [1.29, 1.82) is 0 Å². The van der Waals surface area contributed by atoms with E-state index >= 15 is 0 Å². The third-order valence-corrected chi connectivity index (χ3v) is 3.20. The first kappa shape index (κ1) is 12.1. The molecular weight excluding hydrogens is 254 g/mol. The van der Waals surface area contributed by atoms with Crippen molar-refractivity contribution >= 4 is 17.1 Å². The van der Waals surface area contributed by atoms with E-state index in [1.165, 1.54) is 10.9 Å². The van der Waals surface area contributed by atoms with Crippen molar-refractivity contribution in [2.45, 2.75) is 31.5 Å². The van der Waals surface area contributed by atoms with Crippen molar-refractivity contribution in [3.8, 4) is 0 Å². The molecule has 1 aliphatic rings. The number of ether oxygens (including phenoxy) is 1. The lowest BCUT2D eigenvalue weighted by Crippen LogP contribution is -2.30. The molecule has 19 heavy (non-hydrogen) atoms. The summed E-state index contributed by atoms with van der Waals surface area (Å²) in [6.07, 6.45) is -2.21. The number of nitrogens with two attached hydrogens (primary N) is 1. The van der Waals surface area contributed by atoms with E-state index in [1.54, 1.807) is 6.92 Å². The van der Waals surface area contributed by atoms with Gasteiger partial charge in [-0.1, -0.05) is 0 Å². The Kier molecular flexibility index (Phi) is 2.55. The van der Waals surface area contributed by atoms with Crippen molar-refractivity contribution < 1.29 is 14.9 Å². The number of anilines is 1. The third-order valence-electron chi connectivity index (χ3n) is 3.20. The smallest absolute Gasteiger partial charge is 0.280 e. The molecular formula is C10H13N5O4. The number of nitrogens with zero attached hydrogens (tertiary/aromatic N) is 3. The number of aliphatic hydroxyl groups excluding tert-OH is 2. The Morgan fingerprint density at radius 2 is 2.21 bits per heavy atom. The molecule has 102 valence electrons. The van der Waals surface area contributed by atoms with E-state index in [-0.39, 0.29) is 17.1 Å². The van der Waals surface area contributed by atoms with Gasteiger partial charge in [0.1, 0.15) is 12.2 Å². The van der Waals surface area contributed by atoms with E-state index in [1.807, 2.05) is 0 Å². The van der Waals surface area contributed by atoms with Crippen LogP contribution >= 0.6 is 0 Å². The molecule has 0 aliphatic carbocycles. The molecule has 0 radical (unpaired) electrons. The second-order valence-electron chi connectivity index (χ2n) is 4.49. The fourth-order valence-electron chi connectivity index (χ4n) is 2.19. The molecule has 0 aromatic carbocycles. The predicted octanol–water partition coefficient (Wildman–Crippen LogP) is -1.66. The fourth-order valence-corrected chi connectivity index (χ4v) is 2.19. The van der Waals surface area contributed by atoms with Crippen LogP contribution in [-0.4, -0.2) is 48.0 Å². The number of imidazole rings is 1. The van der Waals surface area contributed by atoms with E-state index in [4.69, 9.17) is 10.5 Å². The average molecular weight is 267 g/mol. The molecule has 0 unspecified atom stereocenters. The summed E-state index contributed by atoms with van der Waals surface area (Å²) in [5.74, 6) is -0.0552. The first-order valence-corrected chi connectivity index (χ1v) is 5.73. The highest BCUT2D eigenvalue weighted by molar-refractivity contribution is 5.70. The van der Waals surface area contributed by atoms with Gasteiger partial charge in [-0.15, -0.1) is 0 Å². The van der Waals surface area contributed by atoms with Crippen LogP contribution < -0.4 is 11.3 Å². The van der Waals surface area contributed by atoms with E-state index < -0.39 is 30.1 Å². The van der Waals surface area contributed by atoms with Crippen molar-refractivity contribution in [1.82, 2.24) is 19.5 Å². The lowest BCUT2D eigenvalue weighted by molar-refractivity contribution is -0.0299.